The summed E-state index contributed by atoms with van der Waals surface area (Å²) in [4.78, 5) is 25.7. The van der Waals surface area contributed by atoms with Crippen molar-refractivity contribution in [3.8, 4) is 0 Å². The Balaban J connectivity index is 2.89. The minimum absolute atomic E-state index is 0.185. The van der Waals surface area contributed by atoms with Crippen LogP contribution in [0.5, 0.6) is 0 Å². The van der Waals surface area contributed by atoms with Crippen molar-refractivity contribution in [3.05, 3.63) is 42.1 Å². The zero-order valence-electron chi connectivity index (χ0n) is 13.1. The molecular weight excluding hydrogens is 268 g/mol. The summed E-state index contributed by atoms with van der Waals surface area (Å²) in [6, 6.07) is 6.83. The van der Waals surface area contributed by atoms with Crippen LogP contribution in [0.2, 0.25) is 0 Å². The van der Waals surface area contributed by atoms with Gasteiger partial charge in [-0.25, -0.2) is 4.79 Å². The number of nitrogens with zero attached hydrogens (tertiary/aromatic N) is 1. The van der Waals surface area contributed by atoms with Crippen molar-refractivity contribution in [2.24, 2.45) is 0 Å². The molecule has 0 saturated carbocycles. The Morgan fingerprint density at radius 2 is 1.81 bits per heavy atom. The fourth-order valence-electron chi connectivity index (χ4n) is 1.53. The lowest BCUT2D eigenvalue weighted by Crippen LogP contribution is -2.27. The second-order valence-corrected chi connectivity index (χ2v) is 5.82. The highest BCUT2D eigenvalue weighted by Crippen LogP contribution is 2.18. The van der Waals surface area contributed by atoms with Gasteiger partial charge >= 0.3 is 6.09 Å². The number of allylic oxidation sites excluding steroid dienone is 1. The lowest BCUT2D eigenvalue weighted by molar-refractivity contribution is 0.0636. The Morgan fingerprint density at radius 3 is 2.38 bits per heavy atom. The van der Waals surface area contributed by atoms with Gasteiger partial charge in [0.05, 0.1) is 5.69 Å². The SMILES string of the molecule is CN(C)/C=C/C(=O)c1ccccc1NC(=O)OC(C)(C)C. The Bertz CT molecular complexity index is 543. The van der Waals surface area contributed by atoms with Gasteiger partial charge in [-0.3, -0.25) is 10.1 Å². The summed E-state index contributed by atoms with van der Waals surface area (Å²) in [6.07, 6.45) is 2.53. The molecule has 0 heterocycles. The Hall–Kier alpha value is -2.30. The molecule has 0 fully saturated rings. The predicted molar refractivity (Wildman–Crippen MR) is 83.5 cm³/mol. The van der Waals surface area contributed by atoms with E-state index in [-0.39, 0.29) is 5.78 Å². The van der Waals surface area contributed by atoms with Crippen LogP contribution in [0.1, 0.15) is 31.1 Å². The van der Waals surface area contributed by atoms with E-state index in [9.17, 15) is 9.59 Å². The topological polar surface area (TPSA) is 58.6 Å². The number of para-hydroxylation sites is 1. The number of carbonyl (C=O) groups excluding carboxylic acids is 2. The van der Waals surface area contributed by atoms with Crippen molar-refractivity contribution in [3.63, 3.8) is 0 Å². The van der Waals surface area contributed by atoms with Crippen LogP contribution in [-0.4, -0.2) is 36.5 Å². The number of hydrogen-bond acceptors (Lipinski definition) is 4. The normalized spacial score (nSPS) is 11.3. The molecule has 1 rings (SSSR count). The summed E-state index contributed by atoms with van der Waals surface area (Å²) < 4.78 is 5.19. The third-order valence-corrected chi connectivity index (χ3v) is 2.35. The van der Waals surface area contributed by atoms with Crippen molar-refractivity contribution >= 4 is 17.6 Å². The lowest BCUT2D eigenvalue weighted by atomic mass is 10.1. The number of nitrogens with one attached hydrogen (secondary N) is 1. The molecule has 0 saturated heterocycles. The summed E-state index contributed by atoms with van der Waals surface area (Å²) in [6.45, 7) is 5.34. The van der Waals surface area contributed by atoms with Gasteiger partial charge in [0, 0.05) is 31.9 Å². The molecule has 5 nitrogen and oxygen atoms in total. The Labute approximate surface area is 125 Å². The first-order valence-electron chi connectivity index (χ1n) is 6.67. The number of rotatable bonds is 4. The van der Waals surface area contributed by atoms with Crippen LogP contribution in [0.25, 0.3) is 0 Å². The van der Waals surface area contributed by atoms with E-state index in [4.69, 9.17) is 4.74 Å². The number of hydrogen-bond donors (Lipinski definition) is 1. The molecule has 0 bridgehead atoms. The molecule has 1 aromatic carbocycles. The van der Waals surface area contributed by atoms with Gasteiger partial charge in [-0.05, 0) is 32.9 Å². The molecule has 21 heavy (non-hydrogen) atoms. The van der Waals surface area contributed by atoms with E-state index >= 15 is 0 Å². The summed E-state index contributed by atoms with van der Waals surface area (Å²) in [5.74, 6) is -0.185. The molecule has 0 unspecified atom stereocenters. The molecule has 0 atom stereocenters. The average molecular weight is 290 g/mol. The summed E-state index contributed by atoms with van der Waals surface area (Å²) in [5.41, 5.74) is 0.259. The number of benzene rings is 1. The van der Waals surface area contributed by atoms with Gasteiger partial charge in [-0.2, -0.15) is 0 Å². The second-order valence-electron chi connectivity index (χ2n) is 5.82. The molecule has 0 spiro atoms. The fourth-order valence-corrected chi connectivity index (χ4v) is 1.53. The third kappa shape index (κ3) is 6.12. The van der Waals surface area contributed by atoms with E-state index in [1.54, 1.807) is 56.1 Å². The van der Waals surface area contributed by atoms with Crippen LogP contribution in [0, 0.1) is 0 Å². The zero-order chi connectivity index (χ0) is 16.0. The molecule has 1 aromatic rings. The third-order valence-electron chi connectivity index (χ3n) is 2.35. The van der Waals surface area contributed by atoms with E-state index in [1.807, 2.05) is 14.1 Å². The maximum absolute atomic E-state index is 12.1. The Kier molecular flexibility index (Phi) is 5.52. The number of anilines is 1. The standard InChI is InChI=1S/C16H22N2O3/c1-16(2,3)21-15(20)17-13-9-7-6-8-12(13)14(19)10-11-18(4)5/h6-11H,1-5H3,(H,17,20)/b11-10+. The first kappa shape index (κ1) is 16.8. The summed E-state index contributed by atoms with van der Waals surface area (Å²) >= 11 is 0. The maximum Gasteiger partial charge on any atom is 0.412 e. The molecule has 0 aliphatic carbocycles. The van der Waals surface area contributed by atoms with Crippen LogP contribution in [0.4, 0.5) is 10.5 Å². The smallest absolute Gasteiger partial charge is 0.412 e. The molecule has 1 amide bonds. The zero-order valence-corrected chi connectivity index (χ0v) is 13.1. The lowest BCUT2D eigenvalue weighted by Gasteiger charge is -2.20. The number of carbonyl (C=O) groups is 2. The molecule has 0 aliphatic heterocycles. The Morgan fingerprint density at radius 1 is 1.19 bits per heavy atom. The van der Waals surface area contributed by atoms with Crippen molar-refractivity contribution in [2.75, 3.05) is 19.4 Å². The van der Waals surface area contributed by atoms with Crippen molar-refractivity contribution in [2.45, 2.75) is 26.4 Å². The van der Waals surface area contributed by atoms with Gasteiger partial charge in [-0.1, -0.05) is 12.1 Å². The highest BCUT2D eigenvalue weighted by Gasteiger charge is 2.18. The van der Waals surface area contributed by atoms with E-state index in [0.29, 0.717) is 11.3 Å². The first-order valence-corrected chi connectivity index (χ1v) is 6.67. The molecular formula is C16H22N2O3. The van der Waals surface area contributed by atoms with Crippen LogP contribution in [0.3, 0.4) is 0 Å². The van der Waals surface area contributed by atoms with Gasteiger partial charge in [0.2, 0.25) is 0 Å². The summed E-state index contributed by atoms with van der Waals surface area (Å²) in [5, 5.41) is 2.61. The summed E-state index contributed by atoms with van der Waals surface area (Å²) in [7, 11) is 3.66. The number of ether oxygens (including phenoxy) is 1. The quantitative estimate of drug-likeness (QED) is 0.683. The molecule has 0 aromatic heterocycles. The maximum atomic E-state index is 12.1. The van der Waals surface area contributed by atoms with Gasteiger partial charge in [0.15, 0.2) is 5.78 Å². The van der Waals surface area contributed by atoms with Gasteiger partial charge in [0.1, 0.15) is 5.60 Å². The van der Waals surface area contributed by atoms with Crippen LogP contribution in [-0.2, 0) is 4.74 Å². The van der Waals surface area contributed by atoms with Crippen LogP contribution < -0.4 is 5.32 Å². The predicted octanol–water partition coefficient (Wildman–Crippen LogP) is 3.29. The monoisotopic (exact) mass is 290 g/mol. The largest absolute Gasteiger partial charge is 0.444 e. The molecule has 1 N–H and O–H groups in total. The van der Waals surface area contributed by atoms with Crippen molar-refractivity contribution in [1.29, 1.82) is 0 Å². The van der Waals surface area contributed by atoms with Gasteiger partial charge < -0.3 is 9.64 Å². The number of ketones is 1. The van der Waals surface area contributed by atoms with Crippen molar-refractivity contribution < 1.29 is 14.3 Å². The minimum Gasteiger partial charge on any atom is -0.444 e. The molecule has 0 aliphatic rings. The van der Waals surface area contributed by atoms with E-state index in [0.717, 1.165) is 0 Å². The molecule has 5 heteroatoms. The van der Waals surface area contributed by atoms with E-state index in [2.05, 4.69) is 5.32 Å². The fraction of sp³-hybridized carbons (Fsp3) is 0.375. The minimum atomic E-state index is -0.589. The van der Waals surface area contributed by atoms with E-state index in [1.165, 1.54) is 6.08 Å². The first-order chi connectivity index (χ1) is 9.69. The highest BCUT2D eigenvalue weighted by atomic mass is 16.6. The van der Waals surface area contributed by atoms with Crippen LogP contribution >= 0.6 is 0 Å². The highest BCUT2D eigenvalue weighted by molar-refractivity contribution is 6.09. The number of amides is 1. The molecule has 114 valence electrons. The van der Waals surface area contributed by atoms with E-state index < -0.39 is 11.7 Å². The second kappa shape index (κ2) is 6.92. The average Bonchev–Trinajstić information content (AvgIpc) is 2.34. The van der Waals surface area contributed by atoms with Gasteiger partial charge in [0.25, 0.3) is 0 Å². The van der Waals surface area contributed by atoms with Gasteiger partial charge in [-0.15, -0.1) is 0 Å². The van der Waals surface area contributed by atoms with Crippen molar-refractivity contribution in [1.82, 2.24) is 4.90 Å². The molecule has 0 radical (unpaired) electrons. The van der Waals surface area contributed by atoms with Crippen LogP contribution in [0.15, 0.2) is 36.5 Å².